The molecule has 0 radical (unpaired) electrons. The van der Waals surface area contributed by atoms with Crippen molar-refractivity contribution in [1.82, 2.24) is 9.47 Å². The summed E-state index contributed by atoms with van der Waals surface area (Å²) >= 11 is 3.45. The molecule has 3 rings (SSSR count). The van der Waals surface area contributed by atoms with Crippen molar-refractivity contribution in [3.8, 4) is 5.75 Å². The van der Waals surface area contributed by atoms with Gasteiger partial charge >= 0.3 is 0 Å². The summed E-state index contributed by atoms with van der Waals surface area (Å²) < 4.78 is 8.34. The molecule has 1 aromatic heterocycles. The molecule has 1 amide bonds. The van der Waals surface area contributed by atoms with Gasteiger partial charge in [-0.1, -0.05) is 6.92 Å². The van der Waals surface area contributed by atoms with Crippen molar-refractivity contribution in [3.63, 3.8) is 0 Å². The first-order valence-electron chi connectivity index (χ1n) is 8.60. The quantitative estimate of drug-likeness (QED) is 0.785. The van der Waals surface area contributed by atoms with E-state index in [2.05, 4.69) is 22.9 Å². The van der Waals surface area contributed by atoms with Crippen LogP contribution in [-0.2, 0) is 11.8 Å². The molecule has 0 bridgehead atoms. The molecular weight excluding hydrogens is 372 g/mol. The third-order valence-corrected chi connectivity index (χ3v) is 6.06. The van der Waals surface area contributed by atoms with E-state index < -0.39 is 0 Å². The lowest BCUT2D eigenvalue weighted by Gasteiger charge is -2.36. The largest absolute Gasteiger partial charge is 0.489 e. The van der Waals surface area contributed by atoms with E-state index in [1.807, 2.05) is 11.9 Å². The monoisotopic (exact) mass is 396 g/mol. The Labute approximate surface area is 151 Å². The van der Waals surface area contributed by atoms with Gasteiger partial charge in [-0.05, 0) is 54.5 Å². The Balaban J connectivity index is 1.56. The highest BCUT2D eigenvalue weighted by molar-refractivity contribution is 9.10. The van der Waals surface area contributed by atoms with Gasteiger partial charge in [0.15, 0.2) is 0 Å². The van der Waals surface area contributed by atoms with Crippen LogP contribution in [0.4, 0.5) is 0 Å². The van der Waals surface area contributed by atoms with Crippen molar-refractivity contribution in [2.45, 2.75) is 57.6 Å². The number of rotatable bonds is 4. The lowest BCUT2D eigenvalue weighted by atomic mass is 9.91. The Morgan fingerprint density at radius 3 is 2.54 bits per heavy atom. The maximum Gasteiger partial charge on any atom is 0.254 e. The minimum Gasteiger partial charge on any atom is -0.489 e. The summed E-state index contributed by atoms with van der Waals surface area (Å²) in [5, 5.41) is 0. The van der Waals surface area contributed by atoms with Crippen molar-refractivity contribution in [3.05, 3.63) is 27.1 Å². The second-order valence-electron chi connectivity index (χ2n) is 7.46. The fraction of sp³-hybridized carbons (Fsp3) is 0.667. The SMILES string of the molecule is CN(C(=O)C1(C)CC1)C1CCC(Oc2cc(=O)n(C)cc2Br)CC1. The van der Waals surface area contributed by atoms with Crippen LogP contribution in [0.5, 0.6) is 5.75 Å². The highest BCUT2D eigenvalue weighted by Crippen LogP contribution is 2.47. The van der Waals surface area contributed by atoms with E-state index in [4.69, 9.17) is 4.74 Å². The number of ether oxygens (including phenoxy) is 1. The van der Waals surface area contributed by atoms with Gasteiger partial charge in [-0.2, -0.15) is 0 Å². The van der Waals surface area contributed by atoms with Gasteiger partial charge < -0.3 is 14.2 Å². The smallest absolute Gasteiger partial charge is 0.254 e. The second kappa shape index (κ2) is 6.54. The molecule has 1 heterocycles. The molecule has 2 aliphatic carbocycles. The summed E-state index contributed by atoms with van der Waals surface area (Å²) in [4.78, 5) is 26.2. The minimum atomic E-state index is -0.100. The summed E-state index contributed by atoms with van der Waals surface area (Å²) in [6, 6.07) is 1.83. The molecule has 24 heavy (non-hydrogen) atoms. The molecule has 0 atom stereocenters. The molecule has 2 fully saturated rings. The number of halogens is 1. The van der Waals surface area contributed by atoms with Gasteiger partial charge in [-0.3, -0.25) is 9.59 Å². The summed E-state index contributed by atoms with van der Waals surface area (Å²) in [5.74, 6) is 0.901. The second-order valence-corrected chi connectivity index (χ2v) is 8.31. The van der Waals surface area contributed by atoms with Crippen molar-refractivity contribution in [1.29, 1.82) is 0 Å². The zero-order valence-electron chi connectivity index (χ0n) is 14.5. The van der Waals surface area contributed by atoms with E-state index in [9.17, 15) is 9.59 Å². The van der Waals surface area contributed by atoms with Crippen LogP contribution in [0.15, 0.2) is 21.5 Å². The number of carbonyl (C=O) groups excluding carboxylic acids is 1. The van der Waals surface area contributed by atoms with Crippen LogP contribution in [0.1, 0.15) is 45.4 Å². The van der Waals surface area contributed by atoms with Crippen LogP contribution in [0.3, 0.4) is 0 Å². The summed E-state index contributed by atoms with van der Waals surface area (Å²) in [6.07, 6.45) is 7.58. The predicted molar refractivity (Wildman–Crippen MR) is 96.2 cm³/mol. The van der Waals surface area contributed by atoms with Crippen molar-refractivity contribution in [2.24, 2.45) is 12.5 Å². The third kappa shape index (κ3) is 3.53. The van der Waals surface area contributed by atoms with Gasteiger partial charge in [0, 0.05) is 37.8 Å². The number of aromatic nitrogens is 1. The van der Waals surface area contributed by atoms with Crippen LogP contribution in [0, 0.1) is 5.41 Å². The molecule has 6 heteroatoms. The first kappa shape index (κ1) is 17.5. The van der Waals surface area contributed by atoms with Gasteiger partial charge in [0.05, 0.1) is 10.6 Å². The Bertz CT molecular complexity index is 688. The number of aryl methyl sites for hydroxylation is 1. The van der Waals surface area contributed by atoms with Crippen LogP contribution in [-0.4, -0.2) is 34.6 Å². The van der Waals surface area contributed by atoms with Crippen LogP contribution < -0.4 is 10.3 Å². The lowest BCUT2D eigenvalue weighted by molar-refractivity contribution is -0.138. The Morgan fingerprint density at radius 2 is 1.96 bits per heavy atom. The normalized spacial score (nSPS) is 25.2. The van der Waals surface area contributed by atoms with Gasteiger partial charge in [0.2, 0.25) is 5.91 Å². The lowest BCUT2D eigenvalue weighted by Crippen LogP contribution is -2.43. The van der Waals surface area contributed by atoms with Crippen molar-refractivity contribution >= 4 is 21.8 Å². The number of hydrogen-bond acceptors (Lipinski definition) is 3. The van der Waals surface area contributed by atoms with Crippen molar-refractivity contribution < 1.29 is 9.53 Å². The maximum atomic E-state index is 12.5. The highest BCUT2D eigenvalue weighted by Gasteiger charge is 2.47. The van der Waals surface area contributed by atoms with Crippen LogP contribution >= 0.6 is 15.9 Å². The number of hydrogen-bond donors (Lipinski definition) is 0. The maximum absolute atomic E-state index is 12.5. The van der Waals surface area contributed by atoms with Crippen LogP contribution in [0.2, 0.25) is 0 Å². The average Bonchev–Trinajstić information content (AvgIpc) is 3.31. The van der Waals surface area contributed by atoms with E-state index >= 15 is 0 Å². The Morgan fingerprint density at radius 1 is 1.33 bits per heavy atom. The minimum absolute atomic E-state index is 0.0788. The van der Waals surface area contributed by atoms with E-state index in [0.717, 1.165) is 43.0 Å². The summed E-state index contributed by atoms with van der Waals surface area (Å²) in [6.45, 7) is 2.06. The highest BCUT2D eigenvalue weighted by atomic mass is 79.9. The van der Waals surface area contributed by atoms with E-state index in [-0.39, 0.29) is 17.1 Å². The molecule has 0 unspecified atom stereocenters. The van der Waals surface area contributed by atoms with Gasteiger partial charge in [0.1, 0.15) is 5.75 Å². The van der Waals surface area contributed by atoms with Crippen LogP contribution in [0.25, 0.3) is 0 Å². The molecule has 0 spiro atoms. The fourth-order valence-electron chi connectivity index (χ4n) is 3.39. The van der Waals surface area contributed by atoms with Gasteiger partial charge in [-0.25, -0.2) is 0 Å². The summed E-state index contributed by atoms with van der Waals surface area (Å²) in [5.41, 5.74) is -0.179. The van der Waals surface area contributed by atoms with Gasteiger partial charge in [-0.15, -0.1) is 0 Å². The molecule has 0 aliphatic heterocycles. The number of carbonyl (C=O) groups is 1. The first-order chi connectivity index (χ1) is 11.3. The molecule has 0 aromatic carbocycles. The Kier molecular flexibility index (Phi) is 4.78. The molecule has 2 saturated carbocycles. The molecular formula is C18H25BrN2O3. The van der Waals surface area contributed by atoms with E-state index in [1.54, 1.807) is 13.2 Å². The van der Waals surface area contributed by atoms with Crippen molar-refractivity contribution in [2.75, 3.05) is 7.05 Å². The number of pyridine rings is 1. The van der Waals surface area contributed by atoms with E-state index in [1.165, 1.54) is 10.6 Å². The molecule has 0 saturated heterocycles. The van der Waals surface area contributed by atoms with Gasteiger partial charge in [0.25, 0.3) is 5.56 Å². The van der Waals surface area contributed by atoms with E-state index in [0.29, 0.717) is 17.7 Å². The molecule has 0 N–H and O–H groups in total. The number of amides is 1. The zero-order valence-corrected chi connectivity index (χ0v) is 16.1. The molecule has 2 aliphatic rings. The molecule has 1 aromatic rings. The zero-order chi connectivity index (χ0) is 17.5. The first-order valence-corrected chi connectivity index (χ1v) is 9.39. The summed E-state index contributed by atoms with van der Waals surface area (Å²) in [7, 11) is 3.66. The standard InChI is InChI=1S/C18H25BrN2O3/c1-18(8-9-18)17(23)21(3)12-4-6-13(7-5-12)24-15-10-16(22)20(2)11-14(15)19/h10-13H,4-9H2,1-3H3. The third-order valence-electron chi connectivity index (χ3n) is 5.47. The average molecular weight is 397 g/mol. The predicted octanol–water partition coefficient (Wildman–Crippen LogP) is 3.10. The molecule has 5 nitrogen and oxygen atoms in total. The fourth-order valence-corrected chi connectivity index (χ4v) is 3.91. The number of nitrogens with zero attached hydrogens (tertiary/aromatic N) is 2. The Hall–Kier alpha value is -1.30. The molecule has 132 valence electrons. The topological polar surface area (TPSA) is 51.5 Å².